The summed E-state index contributed by atoms with van der Waals surface area (Å²) in [6.45, 7) is 0. The van der Waals surface area contributed by atoms with Crippen LogP contribution < -0.4 is 10.5 Å². The van der Waals surface area contributed by atoms with Crippen molar-refractivity contribution in [1.29, 1.82) is 0 Å². The zero-order valence-corrected chi connectivity index (χ0v) is 9.88. The van der Waals surface area contributed by atoms with E-state index in [9.17, 15) is 9.90 Å². The van der Waals surface area contributed by atoms with Gasteiger partial charge < -0.3 is 15.6 Å². The lowest BCUT2D eigenvalue weighted by atomic mass is 10.0. The number of primary amides is 1. The molecule has 18 heavy (non-hydrogen) atoms. The minimum atomic E-state index is -0.488. The smallest absolute Gasteiger partial charge is 0.248 e. The van der Waals surface area contributed by atoms with E-state index in [0.717, 1.165) is 11.1 Å². The second-order valence-electron chi connectivity index (χ2n) is 3.83. The van der Waals surface area contributed by atoms with Crippen LogP contribution in [0.15, 0.2) is 42.5 Å². The molecule has 92 valence electrons. The number of benzene rings is 2. The molecule has 2 aromatic carbocycles. The number of hydrogen-bond donors (Lipinski definition) is 2. The minimum Gasteiger partial charge on any atom is -0.508 e. The summed E-state index contributed by atoms with van der Waals surface area (Å²) in [6, 6.07) is 11.6. The molecule has 0 atom stereocenters. The van der Waals surface area contributed by atoms with E-state index in [4.69, 9.17) is 10.5 Å². The molecule has 0 saturated heterocycles. The van der Waals surface area contributed by atoms with Gasteiger partial charge in [-0.1, -0.05) is 12.1 Å². The molecule has 0 aliphatic carbocycles. The fraction of sp³-hybridized carbons (Fsp3) is 0.0714. The molecule has 0 bridgehead atoms. The van der Waals surface area contributed by atoms with Gasteiger partial charge in [-0.25, -0.2) is 0 Å². The maximum Gasteiger partial charge on any atom is 0.248 e. The molecule has 1 amide bonds. The van der Waals surface area contributed by atoms with Crippen molar-refractivity contribution in [3.05, 3.63) is 48.0 Å². The van der Waals surface area contributed by atoms with Crippen molar-refractivity contribution in [1.82, 2.24) is 0 Å². The number of carbonyl (C=O) groups excluding carboxylic acids is 1. The van der Waals surface area contributed by atoms with Crippen LogP contribution in [0.3, 0.4) is 0 Å². The van der Waals surface area contributed by atoms with Gasteiger partial charge in [0.05, 0.1) is 7.11 Å². The highest BCUT2D eigenvalue weighted by Gasteiger charge is 2.09. The lowest BCUT2D eigenvalue weighted by Crippen LogP contribution is -2.10. The van der Waals surface area contributed by atoms with Crippen molar-refractivity contribution in [3.8, 4) is 22.6 Å². The Morgan fingerprint density at radius 1 is 1.17 bits per heavy atom. The zero-order chi connectivity index (χ0) is 13.1. The number of aromatic hydroxyl groups is 1. The van der Waals surface area contributed by atoms with Crippen LogP contribution in [0.2, 0.25) is 0 Å². The Kier molecular flexibility index (Phi) is 3.19. The van der Waals surface area contributed by atoms with E-state index in [2.05, 4.69) is 0 Å². The minimum absolute atomic E-state index is 0.184. The van der Waals surface area contributed by atoms with Crippen molar-refractivity contribution in [2.45, 2.75) is 0 Å². The van der Waals surface area contributed by atoms with Crippen LogP contribution in [0, 0.1) is 0 Å². The van der Waals surface area contributed by atoms with Gasteiger partial charge >= 0.3 is 0 Å². The Labute approximate surface area is 105 Å². The number of amides is 1. The summed E-state index contributed by atoms with van der Waals surface area (Å²) in [5.74, 6) is 0.340. The van der Waals surface area contributed by atoms with Crippen LogP contribution >= 0.6 is 0 Å². The number of nitrogens with two attached hydrogens (primary N) is 1. The summed E-state index contributed by atoms with van der Waals surface area (Å²) in [6.07, 6.45) is 0. The predicted octanol–water partition coefficient (Wildman–Crippen LogP) is 2.17. The van der Waals surface area contributed by atoms with Gasteiger partial charge in [0.1, 0.15) is 11.5 Å². The van der Waals surface area contributed by atoms with Gasteiger partial charge in [0.15, 0.2) is 0 Å². The normalized spacial score (nSPS) is 10.1. The molecule has 2 aromatic rings. The molecule has 3 N–H and O–H groups in total. The first-order valence-electron chi connectivity index (χ1n) is 5.39. The molecular formula is C14H13NO3. The standard InChI is InChI=1S/C14H13NO3/c1-18-13-7-4-10(14(15)17)8-12(13)9-2-5-11(16)6-3-9/h2-8,16H,1H3,(H2,15,17). The monoisotopic (exact) mass is 243 g/mol. The molecule has 0 spiro atoms. The molecule has 0 radical (unpaired) electrons. The fourth-order valence-corrected chi connectivity index (χ4v) is 1.73. The second-order valence-corrected chi connectivity index (χ2v) is 3.83. The molecule has 0 aliphatic rings. The maximum atomic E-state index is 11.2. The first-order valence-corrected chi connectivity index (χ1v) is 5.39. The summed E-state index contributed by atoms with van der Waals surface area (Å²) in [7, 11) is 1.56. The van der Waals surface area contributed by atoms with Gasteiger partial charge in [-0.15, -0.1) is 0 Å². The first kappa shape index (κ1) is 12.0. The zero-order valence-electron chi connectivity index (χ0n) is 9.88. The molecule has 0 aromatic heterocycles. The van der Waals surface area contributed by atoms with Crippen molar-refractivity contribution in [2.24, 2.45) is 5.73 Å². The molecule has 0 fully saturated rings. The average molecular weight is 243 g/mol. The number of methoxy groups -OCH3 is 1. The van der Waals surface area contributed by atoms with Gasteiger partial charge in [-0.3, -0.25) is 4.79 Å². The van der Waals surface area contributed by atoms with Crippen LogP contribution in [-0.2, 0) is 0 Å². The third-order valence-electron chi connectivity index (χ3n) is 2.66. The van der Waals surface area contributed by atoms with Crippen LogP contribution in [0.4, 0.5) is 0 Å². The Bertz CT molecular complexity index is 576. The van der Waals surface area contributed by atoms with E-state index >= 15 is 0 Å². The molecule has 0 heterocycles. The summed E-state index contributed by atoms with van der Waals surface area (Å²) >= 11 is 0. The van der Waals surface area contributed by atoms with Gasteiger partial charge in [0.25, 0.3) is 0 Å². The fourth-order valence-electron chi connectivity index (χ4n) is 1.73. The first-order chi connectivity index (χ1) is 8.61. The number of ether oxygens (including phenoxy) is 1. The largest absolute Gasteiger partial charge is 0.508 e. The Morgan fingerprint density at radius 2 is 1.83 bits per heavy atom. The van der Waals surface area contributed by atoms with Gasteiger partial charge in [0.2, 0.25) is 5.91 Å². The highest BCUT2D eigenvalue weighted by molar-refractivity contribution is 5.94. The molecule has 4 nitrogen and oxygen atoms in total. The summed E-state index contributed by atoms with van der Waals surface area (Å²) in [5, 5.41) is 9.27. The van der Waals surface area contributed by atoms with Crippen LogP contribution in [0.1, 0.15) is 10.4 Å². The summed E-state index contributed by atoms with van der Waals surface area (Å²) < 4.78 is 5.25. The lowest BCUT2D eigenvalue weighted by molar-refractivity contribution is 0.100. The third-order valence-corrected chi connectivity index (χ3v) is 2.66. The van der Waals surface area contributed by atoms with Crippen molar-refractivity contribution in [2.75, 3.05) is 7.11 Å². The molecule has 4 heteroatoms. The van der Waals surface area contributed by atoms with Crippen molar-refractivity contribution < 1.29 is 14.6 Å². The second kappa shape index (κ2) is 4.79. The van der Waals surface area contributed by atoms with Gasteiger partial charge in [-0.2, -0.15) is 0 Å². The molecular weight excluding hydrogens is 230 g/mol. The van der Waals surface area contributed by atoms with E-state index in [1.54, 1.807) is 49.6 Å². The average Bonchev–Trinajstić information content (AvgIpc) is 2.39. The van der Waals surface area contributed by atoms with Crippen molar-refractivity contribution >= 4 is 5.91 Å². The van der Waals surface area contributed by atoms with E-state index < -0.39 is 5.91 Å². The number of hydrogen-bond acceptors (Lipinski definition) is 3. The van der Waals surface area contributed by atoms with Crippen LogP contribution in [-0.4, -0.2) is 18.1 Å². The van der Waals surface area contributed by atoms with Gasteiger partial charge in [0, 0.05) is 11.1 Å². The molecule has 2 rings (SSSR count). The van der Waals surface area contributed by atoms with Crippen molar-refractivity contribution in [3.63, 3.8) is 0 Å². The number of phenols is 1. The Morgan fingerprint density at radius 3 is 2.39 bits per heavy atom. The maximum absolute atomic E-state index is 11.2. The quantitative estimate of drug-likeness (QED) is 0.867. The molecule has 0 aliphatic heterocycles. The lowest BCUT2D eigenvalue weighted by Gasteiger charge is -2.10. The number of rotatable bonds is 3. The SMILES string of the molecule is COc1ccc(C(N)=O)cc1-c1ccc(O)cc1. The van der Waals surface area contributed by atoms with E-state index in [1.165, 1.54) is 0 Å². The molecule has 0 unspecified atom stereocenters. The number of phenolic OH excluding ortho intramolecular Hbond substituents is 1. The summed E-state index contributed by atoms with van der Waals surface area (Å²) in [4.78, 5) is 11.2. The predicted molar refractivity (Wildman–Crippen MR) is 68.6 cm³/mol. The Balaban J connectivity index is 2.56. The van der Waals surface area contributed by atoms with Gasteiger partial charge in [-0.05, 0) is 35.9 Å². The highest BCUT2D eigenvalue weighted by Crippen LogP contribution is 2.31. The molecule has 0 saturated carbocycles. The Hall–Kier alpha value is -2.49. The summed E-state index contributed by atoms with van der Waals surface area (Å²) in [5.41, 5.74) is 7.27. The highest BCUT2D eigenvalue weighted by atomic mass is 16.5. The third kappa shape index (κ3) is 2.27. The van der Waals surface area contributed by atoms with Crippen LogP contribution in [0.25, 0.3) is 11.1 Å². The van der Waals surface area contributed by atoms with E-state index in [0.29, 0.717) is 11.3 Å². The van der Waals surface area contributed by atoms with Crippen LogP contribution in [0.5, 0.6) is 11.5 Å². The van der Waals surface area contributed by atoms with E-state index in [1.807, 2.05) is 0 Å². The number of carbonyl (C=O) groups is 1. The van der Waals surface area contributed by atoms with E-state index in [-0.39, 0.29) is 5.75 Å². The topological polar surface area (TPSA) is 72.5 Å².